The molecule has 0 radical (unpaired) electrons. The Morgan fingerprint density at radius 1 is 1.06 bits per heavy atom. The van der Waals surface area contributed by atoms with Crippen LogP contribution in [0.15, 0.2) is 42.5 Å². The lowest BCUT2D eigenvalue weighted by Crippen LogP contribution is -1.96. The summed E-state index contributed by atoms with van der Waals surface area (Å²) in [5.41, 5.74) is 1.91. The topological polar surface area (TPSA) is 29.5 Å². The lowest BCUT2D eigenvalue weighted by Gasteiger charge is -2.09. The Labute approximate surface area is 111 Å². The van der Waals surface area contributed by atoms with Gasteiger partial charge in [0.15, 0.2) is 0 Å². The second-order valence-electron chi connectivity index (χ2n) is 4.51. The summed E-state index contributed by atoms with van der Waals surface area (Å²) < 4.78 is 5.69. The first kappa shape index (κ1) is 11.4. The second-order valence-corrected chi connectivity index (χ2v) is 4.92. The van der Waals surface area contributed by atoms with Gasteiger partial charge in [-0.3, -0.25) is 0 Å². The first-order valence-electron chi connectivity index (χ1n) is 5.98. The number of aromatic hydroxyl groups is 1. The van der Waals surface area contributed by atoms with E-state index in [1.807, 2.05) is 30.3 Å². The first-order valence-corrected chi connectivity index (χ1v) is 6.36. The second kappa shape index (κ2) is 4.54. The van der Waals surface area contributed by atoms with Crippen LogP contribution in [-0.4, -0.2) is 11.2 Å². The Kier molecular flexibility index (Phi) is 2.88. The van der Waals surface area contributed by atoms with Gasteiger partial charge in [-0.05, 0) is 48.2 Å². The van der Waals surface area contributed by atoms with E-state index >= 15 is 0 Å². The minimum atomic E-state index is 0.252. The standard InChI is InChI=1S/C15H13ClO2/c16-14-9-11(10-2-1-3-12(17)8-10)4-7-15(14)18-13-5-6-13/h1-4,7-9,13,17H,5-6H2. The Balaban J connectivity index is 1.91. The summed E-state index contributed by atoms with van der Waals surface area (Å²) in [6.07, 6.45) is 2.57. The minimum absolute atomic E-state index is 0.252. The number of benzene rings is 2. The highest BCUT2D eigenvalue weighted by atomic mass is 35.5. The van der Waals surface area contributed by atoms with Crippen molar-refractivity contribution in [2.24, 2.45) is 0 Å². The maximum absolute atomic E-state index is 9.47. The summed E-state index contributed by atoms with van der Waals surface area (Å²) in [6, 6.07) is 12.8. The maximum atomic E-state index is 9.47. The van der Waals surface area contributed by atoms with Crippen LogP contribution in [0.25, 0.3) is 11.1 Å². The van der Waals surface area contributed by atoms with Crippen molar-refractivity contribution in [3.8, 4) is 22.6 Å². The number of rotatable bonds is 3. The zero-order valence-corrected chi connectivity index (χ0v) is 10.5. The minimum Gasteiger partial charge on any atom is -0.508 e. The van der Waals surface area contributed by atoms with Gasteiger partial charge < -0.3 is 9.84 Å². The normalized spacial score (nSPS) is 14.5. The van der Waals surface area contributed by atoms with Crippen molar-refractivity contribution in [1.82, 2.24) is 0 Å². The van der Waals surface area contributed by atoms with E-state index in [-0.39, 0.29) is 5.75 Å². The lowest BCUT2D eigenvalue weighted by molar-refractivity contribution is 0.303. The molecule has 0 heterocycles. The number of halogens is 1. The Hall–Kier alpha value is -1.67. The van der Waals surface area contributed by atoms with Crippen molar-refractivity contribution < 1.29 is 9.84 Å². The molecule has 2 nitrogen and oxygen atoms in total. The maximum Gasteiger partial charge on any atom is 0.138 e. The van der Waals surface area contributed by atoms with E-state index in [4.69, 9.17) is 16.3 Å². The molecule has 0 bridgehead atoms. The molecule has 0 aliphatic heterocycles. The van der Waals surface area contributed by atoms with Crippen molar-refractivity contribution in [1.29, 1.82) is 0 Å². The molecule has 1 fully saturated rings. The SMILES string of the molecule is Oc1cccc(-c2ccc(OC3CC3)c(Cl)c2)c1. The molecular weight excluding hydrogens is 248 g/mol. The highest BCUT2D eigenvalue weighted by Crippen LogP contribution is 2.35. The van der Waals surface area contributed by atoms with Crippen LogP contribution in [-0.2, 0) is 0 Å². The van der Waals surface area contributed by atoms with Gasteiger partial charge in [-0.15, -0.1) is 0 Å². The Morgan fingerprint density at radius 2 is 1.83 bits per heavy atom. The van der Waals surface area contributed by atoms with E-state index in [1.165, 1.54) is 0 Å². The van der Waals surface area contributed by atoms with Crippen LogP contribution in [0.4, 0.5) is 0 Å². The molecule has 1 aliphatic carbocycles. The van der Waals surface area contributed by atoms with E-state index in [0.29, 0.717) is 11.1 Å². The van der Waals surface area contributed by atoms with Crippen molar-refractivity contribution in [2.45, 2.75) is 18.9 Å². The van der Waals surface area contributed by atoms with Gasteiger partial charge in [0.25, 0.3) is 0 Å². The molecule has 3 rings (SSSR count). The number of phenols is 1. The van der Waals surface area contributed by atoms with E-state index < -0.39 is 0 Å². The van der Waals surface area contributed by atoms with Crippen LogP contribution in [0.3, 0.4) is 0 Å². The number of phenolic OH excluding ortho intramolecular Hbond substituents is 1. The predicted octanol–water partition coefficient (Wildman–Crippen LogP) is 4.25. The zero-order chi connectivity index (χ0) is 12.5. The molecule has 0 aromatic heterocycles. The molecule has 0 unspecified atom stereocenters. The molecule has 1 N–H and O–H groups in total. The zero-order valence-electron chi connectivity index (χ0n) is 9.77. The molecule has 3 heteroatoms. The van der Waals surface area contributed by atoms with Crippen LogP contribution >= 0.6 is 11.6 Å². The highest BCUT2D eigenvalue weighted by molar-refractivity contribution is 6.32. The smallest absolute Gasteiger partial charge is 0.138 e. The number of ether oxygens (including phenoxy) is 1. The van der Waals surface area contributed by atoms with E-state index in [0.717, 1.165) is 29.7 Å². The third kappa shape index (κ3) is 2.44. The molecule has 92 valence electrons. The summed E-state index contributed by atoms with van der Waals surface area (Å²) in [4.78, 5) is 0. The fraction of sp³-hybridized carbons (Fsp3) is 0.200. The average Bonchev–Trinajstić information content (AvgIpc) is 3.16. The van der Waals surface area contributed by atoms with Gasteiger partial charge in [0.1, 0.15) is 11.5 Å². The van der Waals surface area contributed by atoms with Crippen LogP contribution < -0.4 is 4.74 Å². The Bertz CT molecular complexity index is 576. The fourth-order valence-corrected chi connectivity index (χ4v) is 2.05. The van der Waals surface area contributed by atoms with Crippen molar-refractivity contribution >= 4 is 11.6 Å². The molecule has 0 spiro atoms. The molecule has 1 aliphatic rings. The molecule has 18 heavy (non-hydrogen) atoms. The van der Waals surface area contributed by atoms with E-state index in [1.54, 1.807) is 12.1 Å². The predicted molar refractivity (Wildman–Crippen MR) is 72.2 cm³/mol. The molecule has 0 atom stereocenters. The summed E-state index contributed by atoms with van der Waals surface area (Å²) in [6.45, 7) is 0. The van der Waals surface area contributed by atoms with Crippen LogP contribution in [0.1, 0.15) is 12.8 Å². The first-order chi connectivity index (χ1) is 8.72. The van der Waals surface area contributed by atoms with Crippen LogP contribution in [0.5, 0.6) is 11.5 Å². The number of hydrogen-bond acceptors (Lipinski definition) is 2. The fourth-order valence-electron chi connectivity index (χ4n) is 1.83. The largest absolute Gasteiger partial charge is 0.508 e. The molecule has 1 saturated carbocycles. The van der Waals surface area contributed by atoms with Gasteiger partial charge in [-0.25, -0.2) is 0 Å². The van der Waals surface area contributed by atoms with Gasteiger partial charge in [0, 0.05) is 0 Å². The third-order valence-electron chi connectivity index (χ3n) is 2.93. The van der Waals surface area contributed by atoms with Gasteiger partial charge in [-0.2, -0.15) is 0 Å². The summed E-state index contributed by atoms with van der Waals surface area (Å²) in [7, 11) is 0. The summed E-state index contributed by atoms with van der Waals surface area (Å²) >= 11 is 6.20. The van der Waals surface area contributed by atoms with Gasteiger partial charge in [0.2, 0.25) is 0 Å². The lowest BCUT2D eigenvalue weighted by atomic mass is 10.1. The van der Waals surface area contributed by atoms with Crippen LogP contribution in [0.2, 0.25) is 5.02 Å². The average molecular weight is 261 g/mol. The third-order valence-corrected chi connectivity index (χ3v) is 3.22. The monoisotopic (exact) mass is 260 g/mol. The molecule has 2 aromatic carbocycles. The van der Waals surface area contributed by atoms with Crippen molar-refractivity contribution in [3.05, 3.63) is 47.5 Å². The van der Waals surface area contributed by atoms with Crippen molar-refractivity contribution in [3.63, 3.8) is 0 Å². The van der Waals surface area contributed by atoms with E-state index in [9.17, 15) is 5.11 Å². The summed E-state index contributed by atoms with van der Waals surface area (Å²) in [5, 5.41) is 10.1. The summed E-state index contributed by atoms with van der Waals surface area (Å²) in [5.74, 6) is 0.991. The Morgan fingerprint density at radius 3 is 2.50 bits per heavy atom. The number of hydrogen-bond donors (Lipinski definition) is 1. The van der Waals surface area contributed by atoms with Gasteiger partial charge in [0.05, 0.1) is 11.1 Å². The highest BCUT2D eigenvalue weighted by Gasteiger charge is 2.24. The van der Waals surface area contributed by atoms with Crippen molar-refractivity contribution in [2.75, 3.05) is 0 Å². The molecular formula is C15H13ClO2. The quantitative estimate of drug-likeness (QED) is 0.894. The van der Waals surface area contributed by atoms with Gasteiger partial charge >= 0.3 is 0 Å². The van der Waals surface area contributed by atoms with Crippen LogP contribution in [0, 0.1) is 0 Å². The van der Waals surface area contributed by atoms with Gasteiger partial charge in [-0.1, -0.05) is 29.8 Å². The molecule has 0 saturated heterocycles. The van der Waals surface area contributed by atoms with E-state index in [2.05, 4.69) is 0 Å². The molecule has 2 aromatic rings. The molecule has 0 amide bonds.